The van der Waals surface area contributed by atoms with E-state index in [1.54, 1.807) is 42.2 Å². The zero-order valence-corrected chi connectivity index (χ0v) is 25.9. The summed E-state index contributed by atoms with van der Waals surface area (Å²) in [6.45, 7) is 3.53. The van der Waals surface area contributed by atoms with Gasteiger partial charge >= 0.3 is 12.0 Å². The number of nitrogens with zero attached hydrogens (tertiary/aromatic N) is 4. The number of nitriles is 1. The molecule has 3 aromatic carbocycles. The van der Waals surface area contributed by atoms with Gasteiger partial charge in [-0.15, -0.1) is 12.4 Å². The van der Waals surface area contributed by atoms with Gasteiger partial charge in [-0.2, -0.15) is 5.26 Å². The smallest absolute Gasteiger partial charge is 0.332 e. The van der Waals surface area contributed by atoms with Crippen LogP contribution in [0.1, 0.15) is 42.4 Å². The van der Waals surface area contributed by atoms with Crippen molar-refractivity contribution in [3.05, 3.63) is 99.5 Å². The average molecular weight is 642 g/mol. The Morgan fingerprint density at radius 2 is 1.72 bits per heavy atom. The first-order valence-electron chi connectivity index (χ1n) is 13.8. The molecule has 0 N–H and O–H groups in total. The van der Waals surface area contributed by atoms with Crippen molar-refractivity contribution in [2.45, 2.75) is 37.8 Å². The predicted octanol–water partition coefficient (Wildman–Crippen LogP) is 6.44. The monoisotopic (exact) mass is 640 g/mol. The minimum absolute atomic E-state index is 0. The van der Waals surface area contributed by atoms with Crippen LogP contribution in [0.5, 0.6) is 0 Å². The molecule has 2 aliphatic heterocycles. The van der Waals surface area contributed by atoms with E-state index in [-0.39, 0.29) is 56.1 Å². The van der Waals surface area contributed by atoms with Gasteiger partial charge in [-0.05, 0) is 54.8 Å². The van der Waals surface area contributed by atoms with Crippen molar-refractivity contribution in [3.63, 3.8) is 0 Å². The van der Waals surface area contributed by atoms with Gasteiger partial charge < -0.3 is 9.64 Å². The molecule has 2 heterocycles. The average Bonchev–Trinajstić information content (AvgIpc) is 3.44. The van der Waals surface area contributed by atoms with Crippen LogP contribution in [0.3, 0.4) is 0 Å². The summed E-state index contributed by atoms with van der Waals surface area (Å²) in [4.78, 5) is 46.0. The number of halogens is 3. The molecule has 0 bridgehead atoms. The molecule has 0 radical (unpaired) electrons. The van der Waals surface area contributed by atoms with Crippen molar-refractivity contribution in [2.75, 3.05) is 31.1 Å². The summed E-state index contributed by atoms with van der Waals surface area (Å²) in [5.74, 6) is -1.15. The van der Waals surface area contributed by atoms with Crippen LogP contribution in [0.2, 0.25) is 10.0 Å². The lowest BCUT2D eigenvalue weighted by atomic mass is 9.80. The molecule has 3 amide bonds. The zero-order chi connectivity index (χ0) is 29.9. The maximum atomic E-state index is 14.7. The molecule has 43 heavy (non-hydrogen) atoms. The quantitative estimate of drug-likeness (QED) is 0.197. The topological polar surface area (TPSA) is 93.9 Å². The second-order valence-electron chi connectivity index (χ2n) is 10.5. The van der Waals surface area contributed by atoms with Gasteiger partial charge in [0.2, 0.25) is 0 Å². The van der Waals surface area contributed by atoms with Crippen molar-refractivity contribution in [1.82, 2.24) is 9.80 Å². The number of benzene rings is 3. The lowest BCUT2D eigenvalue weighted by Gasteiger charge is -2.36. The Bertz CT molecular complexity index is 1510. The highest BCUT2D eigenvalue weighted by Gasteiger charge is 2.65. The van der Waals surface area contributed by atoms with Gasteiger partial charge in [-0.1, -0.05) is 65.7 Å². The minimum Gasteiger partial charge on any atom is -0.466 e. The van der Waals surface area contributed by atoms with Gasteiger partial charge in [0.05, 0.1) is 23.9 Å². The van der Waals surface area contributed by atoms with E-state index in [2.05, 4.69) is 11.0 Å². The third kappa shape index (κ3) is 6.51. The SMILES string of the molecule is CCOC(=O)CCCN1C(=O)N(c2cc(Cl)cc(Cl)c2)C(=O)[C@]12CN(Cc1ccccc1)C[C@H]2c1ccc(C#N)cc1.Cl. The van der Waals surface area contributed by atoms with Gasteiger partial charge in [-0.25, -0.2) is 9.69 Å². The molecule has 2 atom stereocenters. The van der Waals surface area contributed by atoms with E-state index in [1.807, 2.05) is 42.5 Å². The van der Waals surface area contributed by atoms with Crippen LogP contribution in [0.25, 0.3) is 0 Å². The molecule has 8 nitrogen and oxygen atoms in total. The molecule has 3 aromatic rings. The van der Waals surface area contributed by atoms with E-state index in [9.17, 15) is 19.6 Å². The lowest BCUT2D eigenvalue weighted by Crippen LogP contribution is -2.55. The number of imide groups is 1. The van der Waals surface area contributed by atoms with E-state index < -0.39 is 17.5 Å². The fourth-order valence-corrected chi connectivity index (χ4v) is 6.56. The summed E-state index contributed by atoms with van der Waals surface area (Å²) >= 11 is 12.6. The predicted molar refractivity (Wildman–Crippen MR) is 168 cm³/mol. The Balaban J connectivity index is 0.00000423. The third-order valence-electron chi connectivity index (χ3n) is 7.82. The fourth-order valence-electron chi connectivity index (χ4n) is 6.04. The number of anilines is 1. The first-order valence-corrected chi connectivity index (χ1v) is 14.6. The van der Waals surface area contributed by atoms with Crippen molar-refractivity contribution in [2.24, 2.45) is 0 Å². The normalized spacial score (nSPS) is 19.9. The summed E-state index contributed by atoms with van der Waals surface area (Å²) in [6.07, 6.45) is 0.433. The number of likely N-dealkylation sites (tertiary alicyclic amines) is 1. The zero-order valence-electron chi connectivity index (χ0n) is 23.5. The van der Waals surface area contributed by atoms with Gasteiger partial charge in [-0.3, -0.25) is 14.5 Å². The van der Waals surface area contributed by atoms with E-state index in [0.717, 1.165) is 16.0 Å². The van der Waals surface area contributed by atoms with Crippen molar-refractivity contribution >= 4 is 59.2 Å². The second-order valence-corrected chi connectivity index (χ2v) is 11.3. The maximum absolute atomic E-state index is 14.7. The number of carbonyl (C=O) groups is 3. The summed E-state index contributed by atoms with van der Waals surface area (Å²) < 4.78 is 5.10. The van der Waals surface area contributed by atoms with Gasteiger partial charge in [0.25, 0.3) is 5.91 Å². The molecule has 5 rings (SSSR count). The van der Waals surface area contributed by atoms with Crippen LogP contribution in [0.4, 0.5) is 10.5 Å². The van der Waals surface area contributed by atoms with E-state index in [0.29, 0.717) is 35.1 Å². The van der Waals surface area contributed by atoms with Crippen LogP contribution in [0.15, 0.2) is 72.8 Å². The highest BCUT2D eigenvalue weighted by molar-refractivity contribution is 6.35. The molecule has 2 aliphatic rings. The number of amides is 3. The molecule has 2 fully saturated rings. The summed E-state index contributed by atoms with van der Waals surface area (Å²) in [5.41, 5.74) is 1.44. The molecule has 0 aliphatic carbocycles. The standard InChI is InChI=1S/C32H30Cl2N4O4.ClH/c1-2-42-29(39)9-6-14-37-31(41)38(27-16-25(33)15-26(34)17-27)30(40)32(37)21-36(19-23-7-4-3-5-8-23)20-28(32)24-12-10-22(18-35)11-13-24;/h3-5,7-8,10-13,15-17,28H,2,6,9,14,19-21H2,1H3;1H/t28-,32+;/m0./s1. The van der Waals surface area contributed by atoms with Crippen molar-refractivity contribution in [3.8, 4) is 6.07 Å². The molecule has 0 unspecified atom stereocenters. The van der Waals surface area contributed by atoms with Crippen LogP contribution in [-0.4, -0.2) is 59.5 Å². The minimum atomic E-state index is -1.27. The molecule has 0 saturated carbocycles. The van der Waals surface area contributed by atoms with Gasteiger partial charge in [0, 0.05) is 48.6 Å². The Labute approximate surface area is 267 Å². The number of carbonyl (C=O) groups excluding carboxylic acids is 3. The third-order valence-corrected chi connectivity index (χ3v) is 8.26. The molecular formula is C32H31Cl3N4O4. The summed E-state index contributed by atoms with van der Waals surface area (Å²) in [5, 5.41) is 9.98. The molecule has 11 heteroatoms. The number of ether oxygens (including phenoxy) is 1. The Morgan fingerprint density at radius 1 is 1.05 bits per heavy atom. The Morgan fingerprint density at radius 3 is 2.35 bits per heavy atom. The largest absolute Gasteiger partial charge is 0.466 e. The maximum Gasteiger partial charge on any atom is 0.332 e. The van der Waals surface area contributed by atoms with Crippen molar-refractivity contribution in [1.29, 1.82) is 5.26 Å². The highest BCUT2D eigenvalue weighted by atomic mass is 35.5. The first kappa shape index (κ1) is 32.3. The van der Waals surface area contributed by atoms with E-state index >= 15 is 0 Å². The second kappa shape index (κ2) is 13.8. The molecule has 0 aromatic heterocycles. The number of hydrogen-bond acceptors (Lipinski definition) is 6. The van der Waals surface area contributed by atoms with Crippen LogP contribution in [-0.2, 0) is 20.9 Å². The number of hydrogen-bond donors (Lipinski definition) is 0. The van der Waals surface area contributed by atoms with E-state index in [1.165, 1.54) is 0 Å². The number of urea groups is 1. The molecule has 2 saturated heterocycles. The van der Waals surface area contributed by atoms with Crippen LogP contribution < -0.4 is 4.90 Å². The lowest BCUT2D eigenvalue weighted by molar-refractivity contribution is -0.143. The van der Waals surface area contributed by atoms with Crippen LogP contribution >= 0.6 is 35.6 Å². The van der Waals surface area contributed by atoms with Gasteiger partial charge in [0.1, 0.15) is 5.54 Å². The van der Waals surface area contributed by atoms with E-state index in [4.69, 9.17) is 27.9 Å². The molecular weight excluding hydrogens is 611 g/mol. The molecule has 1 spiro atoms. The Kier molecular flexibility index (Phi) is 10.4. The summed E-state index contributed by atoms with van der Waals surface area (Å²) in [7, 11) is 0. The first-order chi connectivity index (χ1) is 20.3. The Hall–Kier alpha value is -3.61. The van der Waals surface area contributed by atoms with Gasteiger partial charge in [0.15, 0.2) is 0 Å². The highest BCUT2D eigenvalue weighted by Crippen LogP contribution is 2.47. The number of esters is 1. The fraction of sp³-hybridized carbons (Fsp3) is 0.312. The van der Waals surface area contributed by atoms with Crippen molar-refractivity contribution < 1.29 is 19.1 Å². The molecule has 224 valence electrons. The number of rotatable bonds is 9. The summed E-state index contributed by atoms with van der Waals surface area (Å²) in [6, 6.07) is 23.4. The van der Waals surface area contributed by atoms with Crippen LogP contribution in [0, 0.1) is 11.3 Å².